The van der Waals surface area contributed by atoms with Crippen LogP contribution in [-0.2, 0) is 0 Å². The summed E-state index contributed by atoms with van der Waals surface area (Å²) in [6.07, 6.45) is 0.890. The number of rotatable bonds is 4. The molecule has 2 aromatic carbocycles. The molecule has 1 aromatic heterocycles. The number of halogens is 1. The highest BCUT2D eigenvalue weighted by Gasteiger charge is 2.04. The van der Waals surface area contributed by atoms with E-state index in [1.165, 1.54) is 15.1 Å². The van der Waals surface area contributed by atoms with Gasteiger partial charge in [-0.15, -0.1) is 11.3 Å². The molecule has 0 radical (unpaired) electrons. The maximum Gasteiger partial charge on any atom is 0.0675 e. The predicted octanol–water partition coefficient (Wildman–Crippen LogP) is 4.47. The number of hydrogen-bond acceptors (Lipinski definition) is 3. The molecule has 22 heavy (non-hydrogen) atoms. The first-order chi connectivity index (χ1) is 10.8. The molecular formula is C18H17ClN2S. The summed E-state index contributed by atoms with van der Waals surface area (Å²) >= 11 is 7.91. The Labute approximate surface area is 138 Å². The minimum atomic E-state index is 0.656. The Morgan fingerprint density at radius 2 is 1.86 bits per heavy atom. The zero-order chi connectivity index (χ0) is 15.4. The standard InChI is InChI=1S/C18H17ClN2S/c19-14-7-8-17-15(11-14)16(21-10-4-9-20)12-18(22-17)13-5-2-1-3-6-13/h1-3,5-8,11-12H,4,9-10,20H2. The number of nitrogens with zero attached hydrogens (tertiary/aromatic N) is 1. The SMILES string of the molecule is NCCCN=c1cc(-c2ccccc2)sc2ccc(Cl)cc12. The number of hydrogen-bond donors (Lipinski definition) is 1. The summed E-state index contributed by atoms with van der Waals surface area (Å²) in [5.41, 5.74) is 6.78. The van der Waals surface area contributed by atoms with Gasteiger partial charge in [-0.25, -0.2) is 0 Å². The van der Waals surface area contributed by atoms with Gasteiger partial charge in [0.1, 0.15) is 0 Å². The highest BCUT2D eigenvalue weighted by Crippen LogP contribution is 2.29. The fraction of sp³-hybridized carbons (Fsp3) is 0.167. The van der Waals surface area contributed by atoms with E-state index < -0.39 is 0 Å². The fourth-order valence-corrected chi connectivity index (χ4v) is 3.55. The summed E-state index contributed by atoms with van der Waals surface area (Å²) < 4.78 is 1.19. The van der Waals surface area contributed by atoms with Crippen molar-refractivity contribution < 1.29 is 0 Å². The van der Waals surface area contributed by atoms with E-state index in [0.29, 0.717) is 6.54 Å². The Morgan fingerprint density at radius 1 is 1.05 bits per heavy atom. The number of benzene rings is 2. The van der Waals surface area contributed by atoms with Crippen molar-refractivity contribution >= 4 is 33.0 Å². The van der Waals surface area contributed by atoms with Gasteiger partial charge in [-0.3, -0.25) is 4.99 Å². The predicted molar refractivity (Wildman–Crippen MR) is 96.4 cm³/mol. The monoisotopic (exact) mass is 328 g/mol. The Bertz CT molecular complexity index is 841. The minimum absolute atomic E-state index is 0.656. The van der Waals surface area contributed by atoms with Gasteiger partial charge in [0.25, 0.3) is 0 Å². The largest absolute Gasteiger partial charge is 0.330 e. The summed E-state index contributed by atoms with van der Waals surface area (Å²) in [6, 6.07) is 18.5. The van der Waals surface area contributed by atoms with Crippen molar-refractivity contribution in [3.63, 3.8) is 0 Å². The summed E-state index contributed by atoms with van der Waals surface area (Å²) in [4.78, 5) is 5.93. The van der Waals surface area contributed by atoms with Crippen molar-refractivity contribution in [3.8, 4) is 10.4 Å². The first-order valence-electron chi connectivity index (χ1n) is 7.27. The molecule has 3 aromatic rings. The quantitative estimate of drug-likeness (QED) is 0.705. The van der Waals surface area contributed by atoms with Crippen LogP contribution in [-0.4, -0.2) is 13.1 Å². The van der Waals surface area contributed by atoms with E-state index in [1.54, 1.807) is 11.3 Å². The van der Waals surface area contributed by atoms with E-state index in [2.05, 4.69) is 36.4 Å². The Balaban J connectivity index is 2.20. The van der Waals surface area contributed by atoms with Gasteiger partial charge in [-0.05, 0) is 42.8 Å². The van der Waals surface area contributed by atoms with Crippen LogP contribution in [0.25, 0.3) is 20.5 Å². The van der Waals surface area contributed by atoms with Crippen molar-refractivity contribution in [1.29, 1.82) is 0 Å². The molecule has 0 aliphatic rings. The second-order valence-electron chi connectivity index (χ2n) is 5.03. The van der Waals surface area contributed by atoms with Gasteiger partial charge in [0.15, 0.2) is 0 Å². The molecule has 4 heteroatoms. The minimum Gasteiger partial charge on any atom is -0.330 e. The van der Waals surface area contributed by atoms with Gasteiger partial charge in [-0.2, -0.15) is 0 Å². The van der Waals surface area contributed by atoms with Crippen molar-refractivity contribution in [2.75, 3.05) is 13.1 Å². The Hall–Kier alpha value is -1.68. The molecule has 1 heterocycles. The summed E-state index contributed by atoms with van der Waals surface area (Å²) in [7, 11) is 0. The molecule has 0 saturated carbocycles. The highest BCUT2D eigenvalue weighted by atomic mass is 35.5. The maximum atomic E-state index is 6.15. The molecule has 3 rings (SSSR count). The van der Waals surface area contributed by atoms with E-state index in [9.17, 15) is 0 Å². The first kappa shape index (κ1) is 15.2. The Morgan fingerprint density at radius 3 is 2.64 bits per heavy atom. The van der Waals surface area contributed by atoms with Crippen LogP contribution in [0.4, 0.5) is 0 Å². The van der Waals surface area contributed by atoms with Crippen LogP contribution in [0.3, 0.4) is 0 Å². The van der Waals surface area contributed by atoms with Gasteiger partial charge in [-0.1, -0.05) is 41.9 Å². The van der Waals surface area contributed by atoms with E-state index >= 15 is 0 Å². The van der Waals surface area contributed by atoms with Gasteiger partial charge in [0, 0.05) is 26.5 Å². The molecule has 112 valence electrons. The maximum absolute atomic E-state index is 6.15. The normalized spacial score (nSPS) is 12.0. The molecule has 2 N–H and O–H groups in total. The molecule has 2 nitrogen and oxygen atoms in total. The first-order valence-corrected chi connectivity index (χ1v) is 8.47. The molecule has 0 aliphatic heterocycles. The molecule has 0 bridgehead atoms. The van der Waals surface area contributed by atoms with Gasteiger partial charge in [0.05, 0.1) is 5.36 Å². The third-order valence-corrected chi connectivity index (χ3v) is 4.79. The van der Waals surface area contributed by atoms with E-state index in [-0.39, 0.29) is 0 Å². The van der Waals surface area contributed by atoms with Crippen LogP contribution in [0, 0.1) is 0 Å². The number of fused-ring (bicyclic) bond motifs is 1. The van der Waals surface area contributed by atoms with Crippen molar-refractivity contribution in [3.05, 3.63) is 65.0 Å². The lowest BCUT2D eigenvalue weighted by atomic mass is 10.1. The molecule has 0 spiro atoms. The molecule has 0 atom stereocenters. The van der Waals surface area contributed by atoms with Crippen molar-refractivity contribution in [2.45, 2.75) is 6.42 Å². The summed E-state index contributed by atoms with van der Waals surface area (Å²) in [5, 5.41) is 2.83. The van der Waals surface area contributed by atoms with Crippen LogP contribution in [0.1, 0.15) is 6.42 Å². The average Bonchev–Trinajstić information content (AvgIpc) is 2.56. The lowest BCUT2D eigenvalue weighted by Gasteiger charge is -2.05. The molecule has 0 aliphatic carbocycles. The van der Waals surface area contributed by atoms with Crippen LogP contribution in [0.2, 0.25) is 5.02 Å². The second kappa shape index (κ2) is 7.05. The van der Waals surface area contributed by atoms with Crippen LogP contribution in [0.5, 0.6) is 0 Å². The summed E-state index contributed by atoms with van der Waals surface area (Å²) in [5.74, 6) is 0. The van der Waals surface area contributed by atoms with Crippen LogP contribution < -0.4 is 11.1 Å². The van der Waals surface area contributed by atoms with Crippen LogP contribution >= 0.6 is 22.9 Å². The molecule has 0 saturated heterocycles. The third-order valence-electron chi connectivity index (χ3n) is 3.41. The fourth-order valence-electron chi connectivity index (χ4n) is 2.31. The zero-order valence-electron chi connectivity index (χ0n) is 12.1. The van der Waals surface area contributed by atoms with Gasteiger partial charge < -0.3 is 5.73 Å². The number of nitrogens with two attached hydrogens (primary N) is 1. The second-order valence-corrected chi connectivity index (χ2v) is 6.55. The topological polar surface area (TPSA) is 38.4 Å². The Kier molecular flexibility index (Phi) is 4.88. The van der Waals surface area contributed by atoms with Crippen LogP contribution in [0.15, 0.2) is 59.6 Å². The van der Waals surface area contributed by atoms with Gasteiger partial charge in [0.2, 0.25) is 0 Å². The van der Waals surface area contributed by atoms with Crippen molar-refractivity contribution in [1.82, 2.24) is 0 Å². The van der Waals surface area contributed by atoms with E-state index in [4.69, 9.17) is 22.3 Å². The lowest BCUT2D eigenvalue weighted by Crippen LogP contribution is -2.07. The van der Waals surface area contributed by atoms with Gasteiger partial charge >= 0.3 is 0 Å². The highest BCUT2D eigenvalue weighted by molar-refractivity contribution is 7.21. The molecule has 0 fully saturated rings. The smallest absolute Gasteiger partial charge is 0.0675 e. The molecule has 0 amide bonds. The third kappa shape index (κ3) is 3.38. The van der Waals surface area contributed by atoms with Crippen molar-refractivity contribution in [2.24, 2.45) is 10.7 Å². The molecular weight excluding hydrogens is 312 g/mol. The zero-order valence-corrected chi connectivity index (χ0v) is 13.7. The summed E-state index contributed by atoms with van der Waals surface area (Å²) in [6.45, 7) is 1.39. The lowest BCUT2D eigenvalue weighted by molar-refractivity contribution is 0.830. The van der Waals surface area contributed by atoms with E-state index in [1.807, 2.05) is 18.2 Å². The average molecular weight is 329 g/mol. The van der Waals surface area contributed by atoms with E-state index in [0.717, 1.165) is 28.7 Å². The molecule has 0 unspecified atom stereocenters.